The van der Waals surface area contributed by atoms with Crippen molar-refractivity contribution < 1.29 is 13.9 Å². The van der Waals surface area contributed by atoms with Crippen molar-refractivity contribution in [2.45, 2.75) is 71.0 Å². The van der Waals surface area contributed by atoms with E-state index in [0.717, 1.165) is 36.8 Å². The van der Waals surface area contributed by atoms with Gasteiger partial charge in [-0.15, -0.1) is 0 Å². The third-order valence-electron chi connectivity index (χ3n) is 5.08. The van der Waals surface area contributed by atoms with Crippen molar-refractivity contribution in [2.24, 2.45) is 17.6 Å². The van der Waals surface area contributed by atoms with Crippen LogP contribution in [-0.2, 0) is 9.53 Å². The van der Waals surface area contributed by atoms with Gasteiger partial charge in [-0.1, -0.05) is 24.6 Å². The van der Waals surface area contributed by atoms with Crippen LogP contribution in [0.5, 0.6) is 0 Å². The second-order valence-electron chi connectivity index (χ2n) is 7.09. The number of carbonyl (C=O) groups is 1. The topological polar surface area (TPSA) is 52.3 Å². The Morgan fingerprint density at radius 3 is 2.71 bits per heavy atom. The molecule has 24 heavy (non-hydrogen) atoms. The van der Waals surface area contributed by atoms with Crippen molar-refractivity contribution in [2.75, 3.05) is 13.2 Å². The van der Waals surface area contributed by atoms with Gasteiger partial charge in [0.25, 0.3) is 0 Å². The molecule has 2 aliphatic carbocycles. The minimum atomic E-state index is -0.726. The van der Waals surface area contributed by atoms with Crippen LogP contribution in [0, 0.1) is 11.8 Å². The van der Waals surface area contributed by atoms with Gasteiger partial charge in [-0.25, -0.2) is 4.39 Å². The van der Waals surface area contributed by atoms with E-state index in [9.17, 15) is 9.18 Å². The van der Waals surface area contributed by atoms with Gasteiger partial charge in [-0.05, 0) is 57.3 Å². The molecule has 0 amide bonds. The first kappa shape index (κ1) is 19.3. The summed E-state index contributed by atoms with van der Waals surface area (Å²) in [5.74, 6) is 0.893. The zero-order chi connectivity index (χ0) is 17.5. The lowest BCUT2D eigenvalue weighted by Gasteiger charge is -2.27. The molecule has 0 aromatic rings. The number of ketones is 1. The molecule has 4 heteroatoms. The van der Waals surface area contributed by atoms with E-state index in [2.05, 4.69) is 6.08 Å². The van der Waals surface area contributed by atoms with Gasteiger partial charge in [0.05, 0.1) is 6.61 Å². The van der Waals surface area contributed by atoms with Crippen molar-refractivity contribution in [3.63, 3.8) is 0 Å². The van der Waals surface area contributed by atoms with Crippen LogP contribution in [0.4, 0.5) is 4.39 Å². The number of hydrogen-bond acceptors (Lipinski definition) is 3. The molecule has 0 bridgehead atoms. The molecule has 1 fully saturated rings. The number of alkyl halides is 1. The van der Waals surface area contributed by atoms with Gasteiger partial charge in [0, 0.05) is 24.6 Å². The Morgan fingerprint density at radius 2 is 2.17 bits per heavy atom. The number of Topliss-reactive ketones (excluding diaryl/α,β-unsaturated/α-hetero) is 1. The highest BCUT2D eigenvalue weighted by molar-refractivity contribution is 5.95. The summed E-state index contributed by atoms with van der Waals surface area (Å²) in [5.41, 5.74) is 8.47. The molecule has 1 saturated carbocycles. The number of carbonyl (C=O) groups excluding carboxylic acids is 1. The smallest absolute Gasteiger partial charge is 0.160 e. The summed E-state index contributed by atoms with van der Waals surface area (Å²) < 4.78 is 18.9. The zero-order valence-corrected chi connectivity index (χ0v) is 15.1. The molecule has 0 saturated heterocycles. The molecule has 1 unspecified atom stereocenters. The maximum Gasteiger partial charge on any atom is 0.160 e. The summed E-state index contributed by atoms with van der Waals surface area (Å²) in [5, 5.41) is 0. The SMILES string of the molecule is CCCC(=O)/C(=C/[C@H](C1CC1)C(N)C1=CC[C@H](F)CC1)COCC. The molecular weight excluding hydrogens is 305 g/mol. The number of halogens is 1. The molecule has 3 atom stereocenters. The molecule has 2 aliphatic rings. The van der Waals surface area contributed by atoms with Crippen molar-refractivity contribution in [1.29, 1.82) is 0 Å². The molecule has 0 heterocycles. The molecular formula is C20H32FNO2. The summed E-state index contributed by atoms with van der Waals surface area (Å²) >= 11 is 0. The second kappa shape index (κ2) is 9.47. The summed E-state index contributed by atoms with van der Waals surface area (Å²) in [6.45, 7) is 4.92. The third-order valence-corrected chi connectivity index (χ3v) is 5.08. The number of rotatable bonds is 10. The predicted octanol–water partition coefficient (Wildman–Crippen LogP) is 4.12. The third kappa shape index (κ3) is 5.52. The van der Waals surface area contributed by atoms with E-state index in [0.29, 0.717) is 38.4 Å². The van der Waals surface area contributed by atoms with Crippen LogP contribution in [-0.4, -0.2) is 31.2 Å². The average molecular weight is 337 g/mol. The Kier molecular flexibility index (Phi) is 7.63. The highest BCUT2D eigenvalue weighted by Crippen LogP contribution is 2.42. The number of hydrogen-bond donors (Lipinski definition) is 1. The second-order valence-corrected chi connectivity index (χ2v) is 7.09. The minimum absolute atomic E-state index is 0.101. The van der Waals surface area contributed by atoms with Crippen LogP contribution < -0.4 is 5.73 Å². The monoisotopic (exact) mass is 337 g/mol. The lowest BCUT2D eigenvalue weighted by atomic mass is 9.82. The van der Waals surface area contributed by atoms with E-state index in [-0.39, 0.29) is 17.7 Å². The van der Waals surface area contributed by atoms with E-state index in [1.165, 1.54) is 0 Å². The summed E-state index contributed by atoms with van der Waals surface area (Å²) in [4.78, 5) is 12.4. The zero-order valence-electron chi connectivity index (χ0n) is 15.1. The van der Waals surface area contributed by atoms with Gasteiger partial charge in [0.15, 0.2) is 5.78 Å². The van der Waals surface area contributed by atoms with Crippen LogP contribution in [0.15, 0.2) is 23.3 Å². The minimum Gasteiger partial charge on any atom is -0.377 e. The molecule has 2 N–H and O–H groups in total. The Labute approximate surface area is 145 Å². The lowest BCUT2D eigenvalue weighted by molar-refractivity contribution is -0.116. The van der Waals surface area contributed by atoms with Gasteiger partial charge >= 0.3 is 0 Å². The lowest BCUT2D eigenvalue weighted by Crippen LogP contribution is -2.34. The predicted molar refractivity (Wildman–Crippen MR) is 95.5 cm³/mol. The van der Waals surface area contributed by atoms with Crippen LogP contribution >= 0.6 is 0 Å². The van der Waals surface area contributed by atoms with Crippen molar-refractivity contribution >= 4 is 5.78 Å². The molecule has 0 aliphatic heterocycles. The summed E-state index contributed by atoms with van der Waals surface area (Å²) in [6.07, 6.45) is 8.85. The van der Waals surface area contributed by atoms with Gasteiger partial charge < -0.3 is 10.5 Å². The van der Waals surface area contributed by atoms with Crippen molar-refractivity contribution in [3.8, 4) is 0 Å². The Hall–Kier alpha value is -1.00. The van der Waals surface area contributed by atoms with E-state index >= 15 is 0 Å². The van der Waals surface area contributed by atoms with E-state index in [1.54, 1.807) is 0 Å². The molecule has 136 valence electrons. The maximum absolute atomic E-state index is 13.4. The number of allylic oxidation sites excluding steroid dienone is 1. The fourth-order valence-corrected chi connectivity index (χ4v) is 3.44. The van der Waals surface area contributed by atoms with Crippen LogP contribution in [0.1, 0.15) is 58.8 Å². The van der Waals surface area contributed by atoms with E-state index in [1.807, 2.05) is 19.9 Å². The summed E-state index contributed by atoms with van der Waals surface area (Å²) in [6, 6.07) is -0.101. The van der Waals surface area contributed by atoms with Crippen molar-refractivity contribution in [1.82, 2.24) is 0 Å². The highest BCUT2D eigenvalue weighted by Gasteiger charge is 2.36. The summed E-state index contributed by atoms with van der Waals surface area (Å²) in [7, 11) is 0. The average Bonchev–Trinajstić information content (AvgIpc) is 3.40. The normalized spacial score (nSPS) is 24.4. The molecule has 0 aromatic heterocycles. The molecule has 0 spiro atoms. The quantitative estimate of drug-likeness (QED) is 0.482. The van der Waals surface area contributed by atoms with Crippen LogP contribution in [0.25, 0.3) is 0 Å². The fourth-order valence-electron chi connectivity index (χ4n) is 3.44. The van der Waals surface area contributed by atoms with Crippen molar-refractivity contribution in [3.05, 3.63) is 23.3 Å². The fraction of sp³-hybridized carbons (Fsp3) is 0.750. The molecule has 0 radical (unpaired) electrons. The Bertz CT molecular complexity index is 482. The highest BCUT2D eigenvalue weighted by atomic mass is 19.1. The standard InChI is InChI=1S/C20H32FNO2/c1-3-5-19(23)16(13-24-4-2)12-18(14-6-7-14)20(22)15-8-10-17(21)11-9-15/h8,12,14,17-18,20H,3-7,9-11,13,22H2,1-2H3/b16-12+/t17-,18+,20?/m0/s1. The first-order valence-corrected chi connectivity index (χ1v) is 9.47. The Balaban J connectivity index is 2.15. The van der Waals surface area contributed by atoms with Gasteiger partial charge in [0.2, 0.25) is 0 Å². The first-order valence-electron chi connectivity index (χ1n) is 9.47. The molecule has 0 aromatic carbocycles. The number of nitrogens with two attached hydrogens (primary N) is 1. The number of ether oxygens (including phenoxy) is 1. The molecule has 3 nitrogen and oxygen atoms in total. The van der Waals surface area contributed by atoms with Gasteiger partial charge in [-0.2, -0.15) is 0 Å². The largest absolute Gasteiger partial charge is 0.377 e. The van der Waals surface area contributed by atoms with Crippen LogP contribution in [0.3, 0.4) is 0 Å². The first-order chi connectivity index (χ1) is 11.6. The van der Waals surface area contributed by atoms with E-state index < -0.39 is 6.17 Å². The van der Waals surface area contributed by atoms with Gasteiger partial charge in [0.1, 0.15) is 6.17 Å². The van der Waals surface area contributed by atoms with Crippen LogP contribution in [0.2, 0.25) is 0 Å². The van der Waals surface area contributed by atoms with Gasteiger partial charge in [-0.3, -0.25) is 4.79 Å². The van der Waals surface area contributed by atoms with E-state index in [4.69, 9.17) is 10.5 Å². The maximum atomic E-state index is 13.4. The Morgan fingerprint density at radius 1 is 1.42 bits per heavy atom. The molecule has 2 rings (SSSR count).